The molecule has 2 aromatic carbocycles. The Bertz CT molecular complexity index is 937. The number of hydrogen-bond donors (Lipinski definition) is 3. The van der Waals surface area contributed by atoms with Gasteiger partial charge in [-0.15, -0.1) is 0 Å². The van der Waals surface area contributed by atoms with Crippen LogP contribution in [0.3, 0.4) is 0 Å². The van der Waals surface area contributed by atoms with Crippen LogP contribution in [-0.4, -0.2) is 35.4 Å². The third-order valence-corrected chi connectivity index (χ3v) is 6.19. The first-order valence-corrected chi connectivity index (χ1v) is 11.4. The summed E-state index contributed by atoms with van der Waals surface area (Å²) in [6.45, 7) is 4.22. The number of rotatable bonds is 5. The van der Waals surface area contributed by atoms with E-state index < -0.39 is 0 Å². The number of aromatic amines is 1. The van der Waals surface area contributed by atoms with Crippen LogP contribution in [0.25, 0.3) is 22.0 Å². The zero-order valence-electron chi connectivity index (χ0n) is 18.0. The molecule has 2 aliphatic rings. The third kappa shape index (κ3) is 5.51. The number of aromatic nitrogens is 1. The molecule has 1 aromatic heterocycles. The topological polar surface area (TPSA) is 57.3 Å². The molecule has 0 amide bonds. The van der Waals surface area contributed by atoms with E-state index in [9.17, 15) is 0 Å². The zero-order chi connectivity index (χ0) is 20.8. The van der Waals surface area contributed by atoms with Crippen molar-refractivity contribution in [3.8, 4) is 11.1 Å². The van der Waals surface area contributed by atoms with E-state index in [0.717, 1.165) is 19.6 Å². The molecule has 1 saturated carbocycles. The van der Waals surface area contributed by atoms with Gasteiger partial charge >= 0.3 is 0 Å². The van der Waals surface area contributed by atoms with Crippen LogP contribution in [-0.2, 0) is 11.3 Å². The minimum atomic E-state index is 0.306. The molecule has 1 aliphatic heterocycles. The van der Waals surface area contributed by atoms with Gasteiger partial charge in [-0.25, -0.2) is 0 Å². The number of ether oxygens (including phenoxy) is 1. The zero-order valence-corrected chi connectivity index (χ0v) is 18.0. The van der Waals surface area contributed by atoms with Crippen molar-refractivity contribution in [2.45, 2.75) is 64.2 Å². The molecule has 30 heavy (non-hydrogen) atoms. The van der Waals surface area contributed by atoms with Crippen molar-refractivity contribution in [2.75, 3.05) is 13.2 Å². The van der Waals surface area contributed by atoms with Crippen LogP contribution in [0.5, 0.6) is 0 Å². The number of hydrogen-bond acceptors (Lipinski definition) is 3. The first kappa shape index (κ1) is 21.1. The highest BCUT2D eigenvalue weighted by Crippen LogP contribution is 2.27. The summed E-state index contributed by atoms with van der Waals surface area (Å²) in [7, 11) is 0. The lowest BCUT2D eigenvalue weighted by atomic mass is 10.0. The molecule has 4 nitrogen and oxygen atoms in total. The van der Waals surface area contributed by atoms with E-state index in [0.29, 0.717) is 18.8 Å². The maximum Gasteiger partial charge on any atom is 0.0720 e. The first-order chi connectivity index (χ1) is 14.7. The lowest BCUT2D eigenvalue weighted by Gasteiger charge is -2.12. The van der Waals surface area contributed by atoms with Gasteiger partial charge in [0.2, 0.25) is 0 Å². The minimum absolute atomic E-state index is 0.306. The fourth-order valence-electron chi connectivity index (χ4n) is 4.48. The number of aliphatic hydroxyl groups excluding tert-OH is 1. The number of aliphatic hydroxyl groups is 1. The van der Waals surface area contributed by atoms with Crippen LogP contribution in [0.1, 0.15) is 49.8 Å². The predicted octanol–water partition coefficient (Wildman–Crippen LogP) is 5.33. The van der Waals surface area contributed by atoms with E-state index in [4.69, 9.17) is 9.84 Å². The van der Waals surface area contributed by atoms with Crippen LogP contribution >= 0.6 is 0 Å². The summed E-state index contributed by atoms with van der Waals surface area (Å²) >= 11 is 0. The summed E-state index contributed by atoms with van der Waals surface area (Å²) < 4.78 is 6.05. The Morgan fingerprint density at radius 3 is 2.53 bits per heavy atom. The summed E-state index contributed by atoms with van der Waals surface area (Å²) in [4.78, 5) is 3.38. The predicted molar refractivity (Wildman–Crippen MR) is 124 cm³/mol. The molecule has 5 rings (SSSR count). The van der Waals surface area contributed by atoms with E-state index in [1.54, 1.807) is 0 Å². The summed E-state index contributed by atoms with van der Waals surface area (Å²) in [5, 5.41) is 12.9. The maximum absolute atomic E-state index is 8.50. The van der Waals surface area contributed by atoms with Crippen LogP contribution in [0, 0.1) is 6.92 Å². The number of aryl methyl sites for hydroxylation is 1. The Morgan fingerprint density at radius 2 is 1.80 bits per heavy atom. The van der Waals surface area contributed by atoms with Gasteiger partial charge in [-0.1, -0.05) is 37.1 Å². The summed E-state index contributed by atoms with van der Waals surface area (Å²) in [6, 6.07) is 18.0. The molecular weight excluding hydrogens is 372 g/mol. The lowest BCUT2D eigenvalue weighted by molar-refractivity contribution is 0.0457. The number of nitrogens with one attached hydrogen (secondary N) is 2. The second-order valence-electron chi connectivity index (χ2n) is 8.65. The van der Waals surface area contributed by atoms with Crippen molar-refractivity contribution in [3.05, 3.63) is 59.8 Å². The molecule has 0 bridgehead atoms. The largest absolute Gasteiger partial charge is 0.395 e. The quantitative estimate of drug-likeness (QED) is 0.536. The van der Waals surface area contributed by atoms with Crippen molar-refractivity contribution in [1.29, 1.82) is 0 Å². The highest BCUT2D eigenvalue weighted by atomic mass is 16.5. The molecule has 1 unspecified atom stereocenters. The molecule has 2 heterocycles. The van der Waals surface area contributed by atoms with Crippen molar-refractivity contribution in [1.82, 2.24) is 10.3 Å². The van der Waals surface area contributed by atoms with Gasteiger partial charge in [0.05, 0.1) is 19.3 Å². The highest BCUT2D eigenvalue weighted by molar-refractivity contribution is 5.85. The average molecular weight is 407 g/mol. The van der Waals surface area contributed by atoms with Crippen molar-refractivity contribution in [2.24, 2.45) is 0 Å². The molecule has 0 spiro atoms. The lowest BCUT2D eigenvalue weighted by Crippen LogP contribution is -2.24. The molecule has 0 radical (unpaired) electrons. The van der Waals surface area contributed by atoms with E-state index in [-0.39, 0.29) is 0 Å². The van der Waals surface area contributed by atoms with Crippen molar-refractivity contribution >= 4 is 10.9 Å². The van der Waals surface area contributed by atoms with Gasteiger partial charge < -0.3 is 20.1 Å². The van der Waals surface area contributed by atoms with Gasteiger partial charge in [-0.3, -0.25) is 0 Å². The Kier molecular flexibility index (Phi) is 7.21. The number of benzene rings is 2. The molecule has 4 heteroatoms. The fraction of sp³-hybridized carbons (Fsp3) is 0.462. The van der Waals surface area contributed by atoms with Gasteiger partial charge in [0.15, 0.2) is 0 Å². The van der Waals surface area contributed by atoms with E-state index in [1.165, 1.54) is 65.4 Å². The van der Waals surface area contributed by atoms with E-state index in [2.05, 4.69) is 65.8 Å². The molecule has 3 aromatic rings. The second-order valence-corrected chi connectivity index (χ2v) is 8.65. The molecule has 1 atom stereocenters. The third-order valence-electron chi connectivity index (χ3n) is 6.19. The molecule has 1 aliphatic carbocycles. The SMILES string of the molecule is Cc1cc2cc(-c3cccc(COC4CCCC4)c3)ccc2[nH]1.OCC1CCCN1. The Morgan fingerprint density at radius 1 is 0.967 bits per heavy atom. The fourth-order valence-corrected chi connectivity index (χ4v) is 4.48. The summed E-state index contributed by atoms with van der Waals surface area (Å²) in [6.07, 6.45) is 7.94. The summed E-state index contributed by atoms with van der Waals surface area (Å²) in [5.74, 6) is 0. The number of H-pyrrole nitrogens is 1. The second kappa shape index (κ2) is 10.3. The monoisotopic (exact) mass is 406 g/mol. The highest BCUT2D eigenvalue weighted by Gasteiger charge is 2.15. The van der Waals surface area contributed by atoms with Crippen molar-refractivity contribution < 1.29 is 9.84 Å². The first-order valence-electron chi connectivity index (χ1n) is 11.4. The molecule has 160 valence electrons. The molecule has 3 N–H and O–H groups in total. The van der Waals surface area contributed by atoms with Crippen LogP contribution in [0.4, 0.5) is 0 Å². The van der Waals surface area contributed by atoms with Crippen LogP contribution < -0.4 is 5.32 Å². The van der Waals surface area contributed by atoms with Gasteiger partial charge in [-0.05, 0) is 80.1 Å². The van der Waals surface area contributed by atoms with Crippen LogP contribution in [0.2, 0.25) is 0 Å². The summed E-state index contributed by atoms with van der Waals surface area (Å²) in [5.41, 5.74) is 6.19. The Balaban J connectivity index is 0.000000265. The van der Waals surface area contributed by atoms with E-state index in [1.807, 2.05) is 0 Å². The smallest absolute Gasteiger partial charge is 0.0720 e. The van der Waals surface area contributed by atoms with Crippen LogP contribution in [0.15, 0.2) is 48.5 Å². The van der Waals surface area contributed by atoms with Gasteiger partial charge in [0.25, 0.3) is 0 Å². The number of fused-ring (bicyclic) bond motifs is 1. The molecular formula is C26H34N2O2. The maximum atomic E-state index is 8.50. The molecule has 1 saturated heterocycles. The van der Waals surface area contributed by atoms with E-state index >= 15 is 0 Å². The van der Waals surface area contributed by atoms with Gasteiger partial charge in [0, 0.05) is 22.6 Å². The Hall–Kier alpha value is -2.14. The standard InChI is InChI=1S/C21H23NO.C5H11NO/c1-15-11-19-13-18(9-10-21(19)22-15)17-6-4-5-16(12-17)14-23-20-7-2-3-8-20;7-4-5-2-1-3-6-5/h4-6,9-13,20,22H,2-3,7-8,14H2,1H3;5-7H,1-4H2. The molecule has 2 fully saturated rings. The average Bonchev–Trinajstić information content (AvgIpc) is 3.53. The van der Waals surface area contributed by atoms with Gasteiger partial charge in [0.1, 0.15) is 0 Å². The normalized spacial score (nSPS) is 19.2. The Labute approximate surface area is 179 Å². The van der Waals surface area contributed by atoms with Crippen molar-refractivity contribution in [3.63, 3.8) is 0 Å². The minimum Gasteiger partial charge on any atom is -0.395 e. The van der Waals surface area contributed by atoms with Gasteiger partial charge in [-0.2, -0.15) is 0 Å².